The van der Waals surface area contributed by atoms with Gasteiger partial charge in [-0.15, -0.1) is 0 Å². The fraction of sp³-hybridized carbons (Fsp3) is 0.571. The van der Waals surface area contributed by atoms with Gasteiger partial charge in [-0.05, 0) is 36.9 Å². The van der Waals surface area contributed by atoms with Crippen LogP contribution in [0.5, 0.6) is 0 Å². The van der Waals surface area contributed by atoms with Crippen molar-refractivity contribution < 1.29 is 0 Å². The minimum atomic E-state index is 0.607. The van der Waals surface area contributed by atoms with Gasteiger partial charge >= 0.3 is 0 Å². The highest BCUT2D eigenvalue weighted by molar-refractivity contribution is 9.10. The third kappa shape index (κ3) is 3.91. The molecule has 0 aliphatic carbocycles. The fourth-order valence-electron chi connectivity index (χ4n) is 2.03. The fourth-order valence-corrected chi connectivity index (χ4v) is 2.63. The molecule has 0 saturated heterocycles. The predicted octanol–water partition coefficient (Wildman–Crippen LogP) is 4.19. The van der Waals surface area contributed by atoms with Gasteiger partial charge in [-0.1, -0.05) is 54.4 Å². The third-order valence-corrected chi connectivity index (χ3v) is 3.90. The molecular formula is C14H22BrN. The molecule has 1 nitrogen and oxygen atoms in total. The normalized spacial score (nSPS) is 14.8. The van der Waals surface area contributed by atoms with Crippen LogP contribution in [0.4, 0.5) is 0 Å². The van der Waals surface area contributed by atoms with Gasteiger partial charge in [0.15, 0.2) is 0 Å². The summed E-state index contributed by atoms with van der Waals surface area (Å²) in [6, 6.07) is 8.57. The Morgan fingerprint density at radius 2 is 2.00 bits per heavy atom. The quantitative estimate of drug-likeness (QED) is 0.826. The second-order valence-corrected chi connectivity index (χ2v) is 5.38. The first-order chi connectivity index (χ1) is 7.69. The van der Waals surface area contributed by atoms with Crippen LogP contribution >= 0.6 is 15.9 Å². The largest absolute Gasteiger partial charge is 0.319 e. The van der Waals surface area contributed by atoms with Gasteiger partial charge in [0.2, 0.25) is 0 Å². The lowest BCUT2D eigenvalue weighted by atomic mass is 9.88. The highest BCUT2D eigenvalue weighted by atomic mass is 79.9. The Morgan fingerprint density at radius 3 is 2.56 bits per heavy atom. The minimum Gasteiger partial charge on any atom is -0.319 e. The van der Waals surface area contributed by atoms with Crippen LogP contribution in [-0.4, -0.2) is 13.6 Å². The molecule has 0 saturated carbocycles. The van der Waals surface area contributed by atoms with E-state index in [0.717, 1.165) is 12.5 Å². The number of hydrogen-bond donors (Lipinski definition) is 1. The lowest BCUT2D eigenvalue weighted by Gasteiger charge is -2.21. The molecule has 0 heterocycles. The summed E-state index contributed by atoms with van der Waals surface area (Å²) in [5.41, 5.74) is 1.43. The second-order valence-electron chi connectivity index (χ2n) is 4.53. The van der Waals surface area contributed by atoms with Gasteiger partial charge in [0.05, 0.1) is 0 Å². The van der Waals surface area contributed by atoms with Gasteiger partial charge in [-0.3, -0.25) is 0 Å². The highest BCUT2D eigenvalue weighted by Crippen LogP contribution is 2.30. The van der Waals surface area contributed by atoms with E-state index in [-0.39, 0.29) is 0 Å². The molecule has 0 spiro atoms. The number of halogens is 1. The maximum Gasteiger partial charge on any atom is 0.0210 e. The van der Waals surface area contributed by atoms with Crippen molar-refractivity contribution in [1.29, 1.82) is 0 Å². The van der Waals surface area contributed by atoms with Crippen LogP contribution in [0.2, 0.25) is 0 Å². The summed E-state index contributed by atoms with van der Waals surface area (Å²) >= 11 is 3.65. The lowest BCUT2D eigenvalue weighted by Crippen LogP contribution is -2.19. The summed E-state index contributed by atoms with van der Waals surface area (Å²) in [5, 5.41) is 3.30. The average molecular weight is 284 g/mol. The van der Waals surface area contributed by atoms with Crippen molar-refractivity contribution in [3.05, 3.63) is 34.3 Å². The molecule has 0 aromatic heterocycles. The van der Waals surface area contributed by atoms with Crippen molar-refractivity contribution in [3.8, 4) is 0 Å². The van der Waals surface area contributed by atoms with E-state index in [1.807, 2.05) is 7.05 Å². The summed E-state index contributed by atoms with van der Waals surface area (Å²) in [6.45, 7) is 5.65. The van der Waals surface area contributed by atoms with Crippen molar-refractivity contribution in [2.45, 2.75) is 32.6 Å². The third-order valence-electron chi connectivity index (χ3n) is 3.18. The molecule has 2 atom stereocenters. The Kier molecular flexibility index (Phi) is 6.07. The Labute approximate surface area is 108 Å². The zero-order valence-electron chi connectivity index (χ0n) is 10.5. The summed E-state index contributed by atoms with van der Waals surface area (Å²) in [5.74, 6) is 1.39. The zero-order valence-corrected chi connectivity index (χ0v) is 12.0. The molecule has 2 heteroatoms. The maximum atomic E-state index is 3.65. The lowest BCUT2D eigenvalue weighted by molar-refractivity contribution is 0.443. The monoisotopic (exact) mass is 283 g/mol. The van der Waals surface area contributed by atoms with Crippen LogP contribution in [0.3, 0.4) is 0 Å². The van der Waals surface area contributed by atoms with Gasteiger partial charge in [0.1, 0.15) is 0 Å². The average Bonchev–Trinajstić information content (AvgIpc) is 2.29. The van der Waals surface area contributed by atoms with E-state index >= 15 is 0 Å². The molecule has 0 aliphatic heterocycles. The Morgan fingerprint density at radius 1 is 1.31 bits per heavy atom. The first-order valence-corrected chi connectivity index (χ1v) is 6.87. The molecule has 16 heavy (non-hydrogen) atoms. The smallest absolute Gasteiger partial charge is 0.0210 e. The van der Waals surface area contributed by atoms with Crippen LogP contribution in [0.25, 0.3) is 0 Å². The standard InChI is InChI=1S/C14H22BrN/c1-4-11(2)9-12(10-16-3)13-7-5-6-8-14(13)15/h5-8,11-12,16H,4,9-10H2,1-3H3. The molecule has 1 rings (SSSR count). The van der Waals surface area contributed by atoms with Crippen molar-refractivity contribution >= 4 is 15.9 Å². The van der Waals surface area contributed by atoms with Crippen molar-refractivity contribution in [3.63, 3.8) is 0 Å². The van der Waals surface area contributed by atoms with E-state index in [1.165, 1.54) is 22.9 Å². The molecule has 0 amide bonds. The topological polar surface area (TPSA) is 12.0 Å². The van der Waals surface area contributed by atoms with Gasteiger partial charge in [0.25, 0.3) is 0 Å². The summed E-state index contributed by atoms with van der Waals surface area (Å²) in [7, 11) is 2.03. The first-order valence-electron chi connectivity index (χ1n) is 6.08. The molecule has 1 aromatic carbocycles. The van der Waals surface area contributed by atoms with Crippen LogP contribution < -0.4 is 5.32 Å². The van der Waals surface area contributed by atoms with Crippen LogP contribution in [0.15, 0.2) is 28.7 Å². The van der Waals surface area contributed by atoms with E-state index in [4.69, 9.17) is 0 Å². The molecule has 0 aliphatic rings. The van der Waals surface area contributed by atoms with Crippen molar-refractivity contribution in [2.75, 3.05) is 13.6 Å². The molecule has 0 radical (unpaired) electrons. The molecule has 2 unspecified atom stereocenters. The van der Waals surface area contributed by atoms with Crippen LogP contribution in [0.1, 0.15) is 38.2 Å². The van der Waals surface area contributed by atoms with Crippen LogP contribution in [0, 0.1) is 5.92 Å². The molecule has 1 N–H and O–H groups in total. The molecular weight excluding hydrogens is 262 g/mol. The van der Waals surface area contributed by atoms with Gasteiger partial charge in [0, 0.05) is 11.0 Å². The Balaban J connectivity index is 2.80. The number of hydrogen-bond acceptors (Lipinski definition) is 1. The van der Waals surface area contributed by atoms with Gasteiger partial charge in [-0.2, -0.15) is 0 Å². The maximum absolute atomic E-state index is 3.65. The van der Waals surface area contributed by atoms with Gasteiger partial charge < -0.3 is 5.32 Å². The van der Waals surface area contributed by atoms with E-state index in [2.05, 4.69) is 59.4 Å². The second kappa shape index (κ2) is 7.08. The van der Waals surface area contributed by atoms with Crippen molar-refractivity contribution in [1.82, 2.24) is 5.32 Å². The van der Waals surface area contributed by atoms with Crippen molar-refractivity contribution in [2.24, 2.45) is 5.92 Å². The SMILES string of the molecule is CCC(C)CC(CNC)c1ccccc1Br. The summed E-state index contributed by atoms with van der Waals surface area (Å²) in [6.07, 6.45) is 2.50. The predicted molar refractivity (Wildman–Crippen MR) is 74.9 cm³/mol. The Hall–Kier alpha value is -0.340. The minimum absolute atomic E-state index is 0.607. The Bertz CT molecular complexity index is 311. The van der Waals surface area contributed by atoms with E-state index in [0.29, 0.717) is 5.92 Å². The zero-order chi connectivity index (χ0) is 12.0. The van der Waals surface area contributed by atoms with E-state index in [1.54, 1.807) is 0 Å². The first kappa shape index (κ1) is 13.7. The highest BCUT2D eigenvalue weighted by Gasteiger charge is 2.15. The summed E-state index contributed by atoms with van der Waals surface area (Å²) < 4.78 is 1.23. The number of rotatable bonds is 6. The van der Waals surface area contributed by atoms with Gasteiger partial charge in [-0.25, -0.2) is 0 Å². The number of likely N-dealkylation sites (N-methyl/N-ethyl adjacent to an activating group) is 1. The van der Waals surface area contributed by atoms with E-state index in [9.17, 15) is 0 Å². The molecule has 1 aromatic rings. The van der Waals surface area contributed by atoms with E-state index < -0.39 is 0 Å². The summed E-state index contributed by atoms with van der Waals surface area (Å²) in [4.78, 5) is 0. The molecule has 0 fully saturated rings. The molecule has 0 bridgehead atoms. The van der Waals surface area contributed by atoms with Crippen LogP contribution in [-0.2, 0) is 0 Å². The molecule has 90 valence electrons. The number of benzene rings is 1. The number of nitrogens with one attached hydrogen (secondary N) is 1.